The lowest BCUT2D eigenvalue weighted by Gasteiger charge is -2.46. The first kappa shape index (κ1) is 15.4. The van der Waals surface area contributed by atoms with Crippen molar-refractivity contribution in [1.29, 1.82) is 0 Å². The second-order valence-corrected chi connectivity index (χ2v) is 7.89. The Kier molecular flexibility index (Phi) is 3.71. The van der Waals surface area contributed by atoms with Crippen LogP contribution in [0.15, 0.2) is 29.2 Å². The second kappa shape index (κ2) is 4.80. The van der Waals surface area contributed by atoms with E-state index in [2.05, 4.69) is 0 Å². The summed E-state index contributed by atoms with van der Waals surface area (Å²) in [6.45, 7) is 4.96. The van der Waals surface area contributed by atoms with Crippen molar-refractivity contribution in [3.8, 4) is 0 Å². The third kappa shape index (κ3) is 2.61. The molecule has 0 aromatic heterocycles. The molecule has 1 aliphatic rings. The fraction of sp³-hybridized carbons (Fsp3) is 0.571. The fourth-order valence-corrected chi connectivity index (χ4v) is 3.80. The van der Waals surface area contributed by atoms with E-state index in [1.807, 2.05) is 6.92 Å². The highest BCUT2D eigenvalue weighted by Crippen LogP contribution is 2.33. The first-order valence-corrected chi connectivity index (χ1v) is 8.02. The van der Waals surface area contributed by atoms with Crippen LogP contribution in [-0.4, -0.2) is 47.2 Å². The van der Waals surface area contributed by atoms with E-state index in [0.717, 1.165) is 5.56 Å². The number of hydrogen-bond donors (Lipinski definition) is 2. The molecule has 6 heteroatoms. The van der Waals surface area contributed by atoms with Crippen LogP contribution in [0.3, 0.4) is 0 Å². The maximum atomic E-state index is 12.5. The van der Waals surface area contributed by atoms with Gasteiger partial charge in [0, 0.05) is 13.1 Å². The highest BCUT2D eigenvalue weighted by atomic mass is 32.2. The smallest absolute Gasteiger partial charge is 0.243 e. The molecule has 1 aromatic carbocycles. The molecule has 112 valence electrons. The zero-order valence-corrected chi connectivity index (χ0v) is 12.8. The monoisotopic (exact) mass is 299 g/mol. The average molecular weight is 299 g/mol. The summed E-state index contributed by atoms with van der Waals surface area (Å²) in [6, 6.07) is 6.61. The number of sulfonamides is 1. The Labute approximate surface area is 119 Å². The first-order valence-electron chi connectivity index (χ1n) is 6.58. The van der Waals surface area contributed by atoms with Crippen LogP contribution in [-0.2, 0) is 10.0 Å². The summed E-state index contributed by atoms with van der Waals surface area (Å²) in [5.41, 5.74) is -1.77. The molecular formula is C14H21NO4S. The predicted octanol–water partition coefficient (Wildman–Crippen LogP) is 0.891. The molecule has 0 spiro atoms. The lowest BCUT2D eigenvalue weighted by Crippen LogP contribution is -2.62. The fourth-order valence-electron chi connectivity index (χ4n) is 2.27. The van der Waals surface area contributed by atoms with Gasteiger partial charge in [0.2, 0.25) is 10.0 Å². The molecule has 1 aliphatic heterocycles. The molecule has 0 radical (unpaired) electrons. The van der Waals surface area contributed by atoms with E-state index in [-0.39, 0.29) is 24.4 Å². The Hall–Kier alpha value is -0.950. The molecule has 0 aliphatic carbocycles. The lowest BCUT2D eigenvalue weighted by atomic mass is 9.80. The predicted molar refractivity (Wildman–Crippen MR) is 75.8 cm³/mol. The first-order chi connectivity index (χ1) is 9.06. The molecule has 5 nitrogen and oxygen atoms in total. The molecule has 0 amide bonds. The van der Waals surface area contributed by atoms with Crippen molar-refractivity contribution in [3.05, 3.63) is 29.8 Å². The van der Waals surface area contributed by atoms with Gasteiger partial charge < -0.3 is 10.2 Å². The number of hydrogen-bond acceptors (Lipinski definition) is 4. The summed E-state index contributed by atoms with van der Waals surface area (Å²) in [4.78, 5) is 0.209. The standard InChI is InChI=1S/C14H21NO4S/c1-11-4-6-12(7-5-11)20(18,19)15-9-8-13(2,16)14(3,17)10-15/h4-7,16-17H,8-10H2,1-3H3/t13-,14+/m0/s1. The topological polar surface area (TPSA) is 77.8 Å². The minimum Gasteiger partial charge on any atom is -0.387 e. The summed E-state index contributed by atoms with van der Waals surface area (Å²) in [7, 11) is -3.64. The van der Waals surface area contributed by atoms with Gasteiger partial charge in [0.1, 0.15) is 5.60 Å². The van der Waals surface area contributed by atoms with Crippen LogP contribution in [0, 0.1) is 6.92 Å². The number of rotatable bonds is 2. The Morgan fingerprint density at radius 1 is 1.10 bits per heavy atom. The molecule has 0 unspecified atom stereocenters. The van der Waals surface area contributed by atoms with E-state index in [1.165, 1.54) is 18.2 Å². The average Bonchev–Trinajstić information content (AvgIpc) is 2.33. The van der Waals surface area contributed by atoms with E-state index in [0.29, 0.717) is 0 Å². The van der Waals surface area contributed by atoms with E-state index in [4.69, 9.17) is 0 Å². The van der Waals surface area contributed by atoms with Gasteiger partial charge in [-0.25, -0.2) is 8.42 Å². The van der Waals surface area contributed by atoms with Gasteiger partial charge in [-0.15, -0.1) is 0 Å². The summed E-state index contributed by atoms with van der Waals surface area (Å²) in [6.07, 6.45) is 0.199. The van der Waals surface area contributed by atoms with Crippen LogP contribution in [0.25, 0.3) is 0 Å². The van der Waals surface area contributed by atoms with Crippen LogP contribution < -0.4 is 0 Å². The molecule has 0 saturated carbocycles. The van der Waals surface area contributed by atoms with E-state index in [9.17, 15) is 18.6 Å². The van der Waals surface area contributed by atoms with Crippen LogP contribution in [0.4, 0.5) is 0 Å². The Morgan fingerprint density at radius 2 is 1.65 bits per heavy atom. The van der Waals surface area contributed by atoms with Gasteiger partial charge in [0.25, 0.3) is 0 Å². The quantitative estimate of drug-likeness (QED) is 0.850. The molecule has 0 bridgehead atoms. The van der Waals surface area contributed by atoms with Gasteiger partial charge in [0.15, 0.2) is 0 Å². The molecule has 2 atom stereocenters. The Morgan fingerprint density at radius 3 is 2.15 bits per heavy atom. The molecule has 1 heterocycles. The number of aryl methyl sites for hydroxylation is 1. The molecule has 1 saturated heterocycles. The lowest BCUT2D eigenvalue weighted by molar-refractivity contribution is -0.158. The van der Waals surface area contributed by atoms with E-state index in [1.54, 1.807) is 24.3 Å². The molecule has 20 heavy (non-hydrogen) atoms. The van der Waals surface area contributed by atoms with E-state index >= 15 is 0 Å². The number of aliphatic hydroxyl groups is 2. The van der Waals surface area contributed by atoms with Crippen molar-refractivity contribution in [2.24, 2.45) is 0 Å². The van der Waals surface area contributed by atoms with Gasteiger partial charge in [-0.05, 0) is 39.3 Å². The summed E-state index contributed by atoms with van der Waals surface area (Å²) in [5.74, 6) is 0. The second-order valence-electron chi connectivity index (χ2n) is 5.95. The van der Waals surface area contributed by atoms with Crippen molar-refractivity contribution >= 4 is 10.0 Å². The third-order valence-electron chi connectivity index (χ3n) is 4.15. The molecule has 2 rings (SSSR count). The van der Waals surface area contributed by atoms with Crippen molar-refractivity contribution in [3.63, 3.8) is 0 Å². The number of piperidine rings is 1. The van der Waals surface area contributed by atoms with Gasteiger partial charge in [-0.3, -0.25) is 0 Å². The molecule has 1 fully saturated rings. The molecule has 2 N–H and O–H groups in total. The van der Waals surface area contributed by atoms with E-state index < -0.39 is 21.2 Å². The van der Waals surface area contributed by atoms with Gasteiger partial charge in [-0.2, -0.15) is 4.31 Å². The third-order valence-corrected chi connectivity index (χ3v) is 6.01. The Bertz CT molecular complexity index is 590. The number of nitrogens with zero attached hydrogens (tertiary/aromatic N) is 1. The van der Waals surface area contributed by atoms with Crippen LogP contribution >= 0.6 is 0 Å². The summed E-state index contributed by atoms with van der Waals surface area (Å²) in [5, 5.41) is 20.4. The zero-order chi connectivity index (χ0) is 15.2. The maximum absolute atomic E-state index is 12.5. The van der Waals surface area contributed by atoms with Gasteiger partial charge in [0.05, 0.1) is 10.5 Å². The van der Waals surface area contributed by atoms with Crippen molar-refractivity contribution in [2.45, 2.75) is 43.3 Å². The van der Waals surface area contributed by atoms with Crippen molar-refractivity contribution in [1.82, 2.24) is 4.31 Å². The van der Waals surface area contributed by atoms with Crippen LogP contribution in [0.1, 0.15) is 25.8 Å². The van der Waals surface area contributed by atoms with Crippen LogP contribution in [0.2, 0.25) is 0 Å². The number of benzene rings is 1. The minimum atomic E-state index is -3.64. The van der Waals surface area contributed by atoms with Gasteiger partial charge in [-0.1, -0.05) is 17.7 Å². The minimum absolute atomic E-state index is 0.115. The summed E-state index contributed by atoms with van der Waals surface area (Å²) >= 11 is 0. The Balaban J connectivity index is 2.30. The summed E-state index contributed by atoms with van der Waals surface area (Å²) < 4.78 is 26.3. The van der Waals surface area contributed by atoms with Gasteiger partial charge >= 0.3 is 0 Å². The SMILES string of the molecule is Cc1ccc(S(=O)(=O)N2CC[C@](C)(O)[C@](C)(O)C2)cc1. The highest BCUT2D eigenvalue weighted by Gasteiger charge is 2.49. The highest BCUT2D eigenvalue weighted by molar-refractivity contribution is 7.89. The number of β-amino-alcohol motifs (C(OH)–C–C–N with tert-alkyl or cyclic N) is 1. The van der Waals surface area contributed by atoms with Crippen molar-refractivity contribution in [2.75, 3.05) is 13.1 Å². The normalized spacial score (nSPS) is 32.2. The van der Waals surface area contributed by atoms with Crippen molar-refractivity contribution < 1.29 is 18.6 Å². The zero-order valence-electron chi connectivity index (χ0n) is 12.0. The van der Waals surface area contributed by atoms with Crippen LogP contribution in [0.5, 0.6) is 0 Å². The molecular weight excluding hydrogens is 278 g/mol. The maximum Gasteiger partial charge on any atom is 0.243 e. The largest absolute Gasteiger partial charge is 0.387 e. The molecule has 1 aromatic rings.